The number of rotatable bonds is 2. The fourth-order valence-corrected chi connectivity index (χ4v) is 5.40. The van der Waals surface area contributed by atoms with Gasteiger partial charge in [0.05, 0.1) is 18.7 Å². The quantitative estimate of drug-likeness (QED) is 0.896. The molecule has 6 heteroatoms. The number of nitriles is 2. The SMILES string of the molecule is N#C[C@@]12[C@H](Cc3ccccc3)[C@@]1(C#N)C(N)=N[C@]21OCCS1. The molecule has 1 aromatic rings. The second kappa shape index (κ2) is 4.25. The van der Waals surface area contributed by atoms with Crippen molar-refractivity contribution in [2.24, 2.45) is 27.5 Å². The molecule has 1 saturated carbocycles. The molecule has 0 bridgehead atoms. The topological polar surface area (TPSA) is 95.2 Å². The summed E-state index contributed by atoms with van der Waals surface area (Å²) in [5, 5.41) is 18.7. The third kappa shape index (κ3) is 1.27. The van der Waals surface area contributed by atoms with Gasteiger partial charge in [0.1, 0.15) is 16.7 Å². The van der Waals surface area contributed by atoms with Gasteiger partial charge in [0, 0.05) is 11.7 Å². The van der Waals surface area contributed by atoms with Crippen LogP contribution in [0.3, 0.4) is 0 Å². The van der Waals surface area contributed by atoms with E-state index in [9.17, 15) is 10.5 Å². The summed E-state index contributed by atoms with van der Waals surface area (Å²) >= 11 is 1.49. The molecule has 0 aromatic heterocycles. The summed E-state index contributed by atoms with van der Waals surface area (Å²) in [5.74, 6) is 0.840. The fourth-order valence-electron chi connectivity index (χ4n) is 4.05. The molecule has 1 aliphatic carbocycles. The first-order valence-electron chi connectivity index (χ1n) is 7.17. The zero-order chi connectivity index (χ0) is 15.4. The number of nitrogens with two attached hydrogens (primary N) is 1. The number of hydrogen-bond acceptors (Lipinski definition) is 6. The summed E-state index contributed by atoms with van der Waals surface area (Å²) in [7, 11) is 0. The van der Waals surface area contributed by atoms with E-state index < -0.39 is 15.9 Å². The smallest absolute Gasteiger partial charge is 0.230 e. The number of amidine groups is 1. The van der Waals surface area contributed by atoms with E-state index >= 15 is 0 Å². The number of nitrogens with zero attached hydrogens (tertiary/aromatic N) is 3. The number of thioether (sulfide) groups is 1. The molecule has 2 aliphatic heterocycles. The van der Waals surface area contributed by atoms with Gasteiger partial charge in [-0.2, -0.15) is 10.5 Å². The van der Waals surface area contributed by atoms with E-state index in [0.717, 1.165) is 11.3 Å². The lowest BCUT2D eigenvalue weighted by Crippen LogP contribution is -2.34. The van der Waals surface area contributed by atoms with E-state index in [0.29, 0.717) is 13.0 Å². The molecule has 0 amide bonds. The molecule has 22 heavy (non-hydrogen) atoms. The van der Waals surface area contributed by atoms with Crippen LogP contribution in [0, 0.1) is 39.4 Å². The van der Waals surface area contributed by atoms with Crippen molar-refractivity contribution >= 4 is 17.6 Å². The molecule has 2 N–H and O–H groups in total. The highest BCUT2D eigenvalue weighted by molar-refractivity contribution is 8.00. The molecule has 0 radical (unpaired) electrons. The number of hydrogen-bond donors (Lipinski definition) is 1. The zero-order valence-corrected chi connectivity index (χ0v) is 12.6. The Kier molecular flexibility index (Phi) is 2.64. The highest BCUT2D eigenvalue weighted by Crippen LogP contribution is 2.81. The van der Waals surface area contributed by atoms with Crippen LogP contribution in [-0.2, 0) is 11.2 Å². The third-order valence-electron chi connectivity index (χ3n) is 5.07. The summed E-state index contributed by atoms with van der Waals surface area (Å²) in [4.78, 5) is 4.42. The van der Waals surface area contributed by atoms with Gasteiger partial charge in [0.15, 0.2) is 0 Å². The van der Waals surface area contributed by atoms with Crippen molar-refractivity contribution in [3.63, 3.8) is 0 Å². The van der Waals surface area contributed by atoms with Crippen LogP contribution < -0.4 is 5.73 Å². The van der Waals surface area contributed by atoms with E-state index in [1.807, 2.05) is 30.3 Å². The van der Waals surface area contributed by atoms with Gasteiger partial charge in [-0.05, 0) is 12.0 Å². The first-order valence-corrected chi connectivity index (χ1v) is 8.15. The molecule has 1 saturated heterocycles. The van der Waals surface area contributed by atoms with Crippen molar-refractivity contribution in [2.75, 3.05) is 12.4 Å². The van der Waals surface area contributed by atoms with Gasteiger partial charge >= 0.3 is 0 Å². The number of fused-ring (bicyclic) bond motifs is 2. The summed E-state index contributed by atoms with van der Waals surface area (Å²) in [6.07, 6.45) is 0.629. The molecular formula is C16H14N4OS. The van der Waals surface area contributed by atoms with Crippen LogP contribution in [0.25, 0.3) is 0 Å². The maximum atomic E-state index is 9.93. The minimum Gasteiger partial charge on any atom is -0.386 e. The average molecular weight is 310 g/mol. The number of benzene rings is 1. The second-order valence-electron chi connectivity index (χ2n) is 5.86. The maximum absolute atomic E-state index is 9.93. The van der Waals surface area contributed by atoms with Gasteiger partial charge in [-0.3, -0.25) is 0 Å². The van der Waals surface area contributed by atoms with Crippen molar-refractivity contribution in [3.8, 4) is 12.1 Å². The van der Waals surface area contributed by atoms with Gasteiger partial charge in [0.2, 0.25) is 5.06 Å². The van der Waals surface area contributed by atoms with Crippen molar-refractivity contribution in [2.45, 2.75) is 11.5 Å². The van der Waals surface area contributed by atoms with Crippen molar-refractivity contribution in [1.82, 2.24) is 0 Å². The van der Waals surface area contributed by atoms with E-state index in [1.54, 1.807) is 0 Å². The molecule has 2 fully saturated rings. The summed E-state index contributed by atoms with van der Waals surface area (Å²) in [5.41, 5.74) is 5.21. The largest absolute Gasteiger partial charge is 0.386 e. The van der Waals surface area contributed by atoms with Crippen LogP contribution in [0.1, 0.15) is 5.56 Å². The Balaban J connectivity index is 1.80. The predicted molar refractivity (Wildman–Crippen MR) is 82.5 cm³/mol. The Morgan fingerprint density at radius 1 is 1.32 bits per heavy atom. The van der Waals surface area contributed by atoms with Crippen LogP contribution in [0.2, 0.25) is 0 Å². The Bertz CT molecular complexity index is 744. The maximum Gasteiger partial charge on any atom is 0.230 e. The lowest BCUT2D eigenvalue weighted by Gasteiger charge is -2.26. The standard InChI is InChI=1S/C16H14N4OS/c17-9-14-12(8-11-4-2-1-3-5-11)15(14,10-18)16(20-13(14)19)21-6-7-22-16/h1-5,12H,6-8H2,(H2,19,20)/t12-,14+,15-,16+/m1/s1. The monoisotopic (exact) mass is 310 g/mol. The van der Waals surface area contributed by atoms with E-state index in [1.165, 1.54) is 11.8 Å². The van der Waals surface area contributed by atoms with Gasteiger partial charge in [-0.1, -0.05) is 42.1 Å². The molecule has 2 heterocycles. The summed E-state index contributed by atoms with van der Waals surface area (Å²) in [6, 6.07) is 14.6. The first kappa shape index (κ1) is 13.6. The minimum atomic E-state index is -1.02. The van der Waals surface area contributed by atoms with Gasteiger partial charge in [-0.15, -0.1) is 0 Å². The molecular weight excluding hydrogens is 296 g/mol. The molecule has 0 unspecified atom stereocenters. The minimum absolute atomic E-state index is 0.180. The Morgan fingerprint density at radius 2 is 2.09 bits per heavy atom. The van der Waals surface area contributed by atoms with Crippen LogP contribution in [0.15, 0.2) is 35.3 Å². The molecule has 3 aliphatic rings. The molecule has 110 valence electrons. The van der Waals surface area contributed by atoms with Crippen LogP contribution in [0.4, 0.5) is 0 Å². The molecule has 4 atom stereocenters. The van der Waals surface area contributed by atoms with Crippen LogP contribution in [-0.4, -0.2) is 23.3 Å². The first-order chi connectivity index (χ1) is 10.7. The predicted octanol–water partition coefficient (Wildman–Crippen LogP) is 1.67. The van der Waals surface area contributed by atoms with Gasteiger partial charge < -0.3 is 10.5 Å². The Labute approximate surface area is 132 Å². The molecule has 4 rings (SSSR count). The van der Waals surface area contributed by atoms with Gasteiger partial charge in [0.25, 0.3) is 0 Å². The lowest BCUT2D eigenvalue weighted by atomic mass is 9.95. The number of aliphatic imine (C=N–C) groups is 1. The normalized spacial score (nSPS) is 41.5. The highest BCUT2D eigenvalue weighted by Gasteiger charge is 2.92. The van der Waals surface area contributed by atoms with Crippen molar-refractivity contribution in [1.29, 1.82) is 10.5 Å². The highest BCUT2D eigenvalue weighted by atomic mass is 32.2. The molecule has 1 spiro atoms. The average Bonchev–Trinajstić information content (AvgIpc) is 2.81. The van der Waals surface area contributed by atoms with Crippen molar-refractivity contribution < 1.29 is 4.74 Å². The van der Waals surface area contributed by atoms with E-state index in [4.69, 9.17) is 10.5 Å². The Hall–Kier alpha value is -2.02. The van der Waals surface area contributed by atoms with Gasteiger partial charge in [-0.25, -0.2) is 4.99 Å². The zero-order valence-electron chi connectivity index (χ0n) is 11.8. The van der Waals surface area contributed by atoms with E-state index in [-0.39, 0.29) is 11.8 Å². The molecule has 5 nitrogen and oxygen atoms in total. The summed E-state index contributed by atoms with van der Waals surface area (Å²) in [6.45, 7) is 0.532. The second-order valence-corrected chi connectivity index (χ2v) is 7.11. The van der Waals surface area contributed by atoms with Crippen LogP contribution >= 0.6 is 11.8 Å². The molecule has 1 aromatic carbocycles. The van der Waals surface area contributed by atoms with Crippen molar-refractivity contribution in [3.05, 3.63) is 35.9 Å². The van der Waals surface area contributed by atoms with E-state index in [2.05, 4.69) is 17.1 Å². The lowest BCUT2D eigenvalue weighted by molar-refractivity contribution is 0.0168. The number of ether oxygens (including phenoxy) is 1. The third-order valence-corrected chi connectivity index (χ3v) is 6.36. The Morgan fingerprint density at radius 3 is 2.68 bits per heavy atom. The summed E-state index contributed by atoms with van der Waals surface area (Å²) < 4.78 is 5.84. The fraction of sp³-hybridized carbons (Fsp3) is 0.438. The van der Waals surface area contributed by atoms with Crippen LogP contribution in [0.5, 0.6) is 0 Å².